The average molecular weight is 319 g/mol. The molecule has 0 aromatic heterocycles. The smallest absolute Gasteiger partial charge is 0.129 e. The molecule has 0 heterocycles. The van der Waals surface area contributed by atoms with Gasteiger partial charge in [-0.1, -0.05) is 34.1 Å². The van der Waals surface area contributed by atoms with Gasteiger partial charge in [-0.3, -0.25) is 0 Å². The van der Waals surface area contributed by atoms with E-state index < -0.39 is 0 Å². The monoisotopic (exact) mass is 318 g/mol. The number of anilines is 1. The maximum atomic E-state index is 13.8. The van der Waals surface area contributed by atoms with Crippen LogP contribution in [0.15, 0.2) is 46.9 Å². The van der Waals surface area contributed by atoms with E-state index in [1.165, 1.54) is 6.07 Å². The number of nitriles is 1. The van der Waals surface area contributed by atoms with Crippen molar-refractivity contribution in [1.82, 2.24) is 0 Å². The van der Waals surface area contributed by atoms with Gasteiger partial charge in [-0.2, -0.15) is 5.26 Å². The van der Waals surface area contributed by atoms with Crippen LogP contribution in [0.5, 0.6) is 0 Å². The number of rotatable bonds is 3. The first-order valence-corrected chi connectivity index (χ1v) is 6.55. The van der Waals surface area contributed by atoms with Gasteiger partial charge in [-0.25, -0.2) is 4.39 Å². The molecule has 0 atom stereocenters. The van der Waals surface area contributed by atoms with E-state index in [9.17, 15) is 4.39 Å². The highest BCUT2D eigenvalue weighted by molar-refractivity contribution is 9.10. The predicted octanol–water partition coefficient (Wildman–Crippen LogP) is 4.10. The Morgan fingerprint density at radius 3 is 2.68 bits per heavy atom. The van der Waals surface area contributed by atoms with Crippen LogP contribution >= 0.6 is 15.9 Å². The highest BCUT2D eigenvalue weighted by atomic mass is 79.9. The van der Waals surface area contributed by atoms with E-state index in [-0.39, 0.29) is 5.82 Å². The van der Waals surface area contributed by atoms with Gasteiger partial charge in [0.15, 0.2) is 0 Å². The molecule has 0 spiro atoms. The zero-order valence-corrected chi connectivity index (χ0v) is 12.0. The van der Waals surface area contributed by atoms with Crippen LogP contribution in [0.25, 0.3) is 0 Å². The lowest BCUT2D eigenvalue weighted by molar-refractivity contribution is 0.607. The molecule has 0 saturated heterocycles. The largest absolute Gasteiger partial charge is 0.369 e. The zero-order chi connectivity index (χ0) is 13.8. The number of hydrogen-bond donors (Lipinski definition) is 0. The van der Waals surface area contributed by atoms with Gasteiger partial charge in [0.05, 0.1) is 11.3 Å². The lowest BCUT2D eigenvalue weighted by Gasteiger charge is -2.20. The van der Waals surface area contributed by atoms with Gasteiger partial charge in [0.2, 0.25) is 0 Å². The first kappa shape index (κ1) is 13.6. The molecule has 2 aromatic rings. The molecular formula is C15H12BrFN2. The van der Waals surface area contributed by atoms with Crippen LogP contribution in [0.2, 0.25) is 0 Å². The summed E-state index contributed by atoms with van der Waals surface area (Å²) in [5.74, 6) is -0.254. The number of nitrogens with zero attached hydrogens (tertiary/aromatic N) is 2. The SMILES string of the molecule is CN(Cc1ccc(Br)cc1F)c1ccccc1C#N. The Balaban J connectivity index is 2.26. The van der Waals surface area contributed by atoms with Crippen molar-refractivity contribution in [2.24, 2.45) is 0 Å². The Morgan fingerprint density at radius 2 is 2.00 bits per heavy atom. The van der Waals surface area contributed by atoms with Gasteiger partial charge >= 0.3 is 0 Å². The maximum Gasteiger partial charge on any atom is 0.129 e. The fourth-order valence-corrected chi connectivity index (χ4v) is 2.22. The minimum atomic E-state index is -0.254. The molecule has 0 amide bonds. The summed E-state index contributed by atoms with van der Waals surface area (Å²) in [5.41, 5.74) is 1.98. The molecule has 0 aliphatic carbocycles. The minimum absolute atomic E-state index is 0.254. The summed E-state index contributed by atoms with van der Waals surface area (Å²) in [6, 6.07) is 14.4. The molecule has 96 valence electrons. The Labute approximate surface area is 120 Å². The molecule has 2 aromatic carbocycles. The van der Waals surface area contributed by atoms with E-state index in [0.717, 1.165) is 5.69 Å². The van der Waals surface area contributed by atoms with E-state index in [4.69, 9.17) is 5.26 Å². The Kier molecular flexibility index (Phi) is 4.18. The summed E-state index contributed by atoms with van der Waals surface area (Å²) in [6.07, 6.45) is 0. The molecule has 0 N–H and O–H groups in total. The van der Waals surface area contributed by atoms with Crippen molar-refractivity contribution < 1.29 is 4.39 Å². The van der Waals surface area contributed by atoms with Gasteiger partial charge in [-0.05, 0) is 24.3 Å². The Hall–Kier alpha value is -1.86. The van der Waals surface area contributed by atoms with E-state index in [1.807, 2.05) is 36.2 Å². The van der Waals surface area contributed by atoms with Gasteiger partial charge in [0.25, 0.3) is 0 Å². The fourth-order valence-electron chi connectivity index (χ4n) is 1.89. The standard InChI is InChI=1S/C15H12BrFN2/c1-19(15-5-3-2-4-11(15)9-18)10-12-6-7-13(16)8-14(12)17/h2-8H,10H2,1H3. The highest BCUT2D eigenvalue weighted by Crippen LogP contribution is 2.22. The van der Waals surface area contributed by atoms with E-state index >= 15 is 0 Å². The summed E-state index contributed by atoms with van der Waals surface area (Å²) in [7, 11) is 1.84. The normalized spacial score (nSPS) is 10.0. The zero-order valence-electron chi connectivity index (χ0n) is 10.4. The molecule has 0 bridgehead atoms. The van der Waals surface area contributed by atoms with Crippen molar-refractivity contribution in [2.75, 3.05) is 11.9 Å². The molecule has 0 fully saturated rings. The number of para-hydroxylation sites is 1. The van der Waals surface area contributed by atoms with Crippen LogP contribution in [0.1, 0.15) is 11.1 Å². The second kappa shape index (κ2) is 5.85. The van der Waals surface area contributed by atoms with Crippen molar-refractivity contribution in [1.29, 1.82) is 5.26 Å². The molecule has 0 unspecified atom stereocenters. The molecule has 2 nitrogen and oxygen atoms in total. The maximum absolute atomic E-state index is 13.8. The molecule has 19 heavy (non-hydrogen) atoms. The average Bonchev–Trinajstić information content (AvgIpc) is 2.41. The fraction of sp³-hybridized carbons (Fsp3) is 0.133. The van der Waals surface area contributed by atoms with Crippen molar-refractivity contribution in [3.8, 4) is 6.07 Å². The summed E-state index contributed by atoms with van der Waals surface area (Å²) in [5, 5.41) is 9.07. The summed E-state index contributed by atoms with van der Waals surface area (Å²) in [6.45, 7) is 0.414. The van der Waals surface area contributed by atoms with Crippen LogP contribution < -0.4 is 4.90 Å². The van der Waals surface area contributed by atoms with Gasteiger partial charge in [0.1, 0.15) is 11.9 Å². The summed E-state index contributed by atoms with van der Waals surface area (Å²) < 4.78 is 14.5. The van der Waals surface area contributed by atoms with E-state index in [2.05, 4.69) is 22.0 Å². The lowest BCUT2D eigenvalue weighted by atomic mass is 10.1. The third-order valence-electron chi connectivity index (χ3n) is 2.86. The number of halogens is 2. The molecule has 2 rings (SSSR count). The van der Waals surface area contributed by atoms with Crippen LogP contribution in [-0.2, 0) is 6.54 Å². The van der Waals surface area contributed by atoms with Crippen molar-refractivity contribution >= 4 is 21.6 Å². The summed E-state index contributed by atoms with van der Waals surface area (Å²) >= 11 is 3.23. The topological polar surface area (TPSA) is 27.0 Å². The summed E-state index contributed by atoms with van der Waals surface area (Å²) in [4.78, 5) is 1.87. The third kappa shape index (κ3) is 3.12. The minimum Gasteiger partial charge on any atom is -0.369 e. The van der Waals surface area contributed by atoms with Crippen molar-refractivity contribution in [3.63, 3.8) is 0 Å². The molecular weight excluding hydrogens is 307 g/mol. The van der Waals surface area contributed by atoms with Crippen molar-refractivity contribution in [3.05, 3.63) is 63.9 Å². The van der Waals surface area contributed by atoms with Crippen LogP contribution in [0.4, 0.5) is 10.1 Å². The number of hydrogen-bond acceptors (Lipinski definition) is 2. The number of benzene rings is 2. The van der Waals surface area contributed by atoms with E-state index in [0.29, 0.717) is 22.1 Å². The predicted molar refractivity (Wildman–Crippen MR) is 77.4 cm³/mol. The molecule has 0 aliphatic heterocycles. The van der Waals surface area contributed by atoms with Crippen LogP contribution in [-0.4, -0.2) is 7.05 Å². The highest BCUT2D eigenvalue weighted by Gasteiger charge is 2.10. The molecule has 0 aliphatic rings. The Bertz CT molecular complexity index is 634. The van der Waals surface area contributed by atoms with Gasteiger partial charge in [0, 0.05) is 23.6 Å². The van der Waals surface area contributed by atoms with Crippen LogP contribution in [0, 0.1) is 17.1 Å². The van der Waals surface area contributed by atoms with Crippen LogP contribution in [0.3, 0.4) is 0 Å². The lowest BCUT2D eigenvalue weighted by Crippen LogP contribution is -2.18. The Morgan fingerprint density at radius 1 is 1.26 bits per heavy atom. The molecule has 4 heteroatoms. The van der Waals surface area contributed by atoms with Gasteiger partial charge in [-0.15, -0.1) is 0 Å². The molecule has 0 radical (unpaired) electrons. The van der Waals surface area contributed by atoms with E-state index in [1.54, 1.807) is 12.1 Å². The quantitative estimate of drug-likeness (QED) is 0.852. The first-order valence-electron chi connectivity index (χ1n) is 5.76. The van der Waals surface area contributed by atoms with Gasteiger partial charge < -0.3 is 4.90 Å². The molecule has 0 saturated carbocycles. The second-order valence-electron chi connectivity index (χ2n) is 4.22. The third-order valence-corrected chi connectivity index (χ3v) is 3.35. The second-order valence-corrected chi connectivity index (χ2v) is 5.14. The first-order chi connectivity index (χ1) is 9.11. The van der Waals surface area contributed by atoms with Crippen molar-refractivity contribution in [2.45, 2.75) is 6.54 Å².